The van der Waals surface area contributed by atoms with Gasteiger partial charge >= 0.3 is 0 Å². The zero-order valence-corrected chi connectivity index (χ0v) is 27.1. The van der Waals surface area contributed by atoms with Crippen molar-refractivity contribution < 1.29 is 0 Å². The van der Waals surface area contributed by atoms with E-state index >= 15 is 0 Å². The Morgan fingerprint density at radius 1 is 0.362 bits per heavy atom. The Kier molecular flexibility index (Phi) is 5.71. The van der Waals surface area contributed by atoms with Crippen LogP contribution in [-0.4, -0.2) is 0 Å². The smallest absolute Gasteiger partial charge is 0.0755 e. The second kappa shape index (κ2) is 10.0. The third-order valence-corrected chi connectivity index (χ3v) is 10.8. The summed E-state index contributed by atoms with van der Waals surface area (Å²) in [6.45, 7) is 0. The summed E-state index contributed by atoms with van der Waals surface area (Å²) in [5, 5.41) is 9.04. The average molecular weight is 663 g/mol. The topological polar surface area (TPSA) is 12.0 Å². The fourth-order valence-corrected chi connectivity index (χ4v) is 8.79. The van der Waals surface area contributed by atoms with E-state index in [0.29, 0.717) is 0 Å². The van der Waals surface area contributed by atoms with Crippen molar-refractivity contribution in [2.75, 3.05) is 5.32 Å². The number of anilines is 2. The number of halogens is 1. The summed E-state index contributed by atoms with van der Waals surface area (Å²) in [6.07, 6.45) is 0. The van der Waals surface area contributed by atoms with Gasteiger partial charge in [-0.25, -0.2) is 0 Å². The van der Waals surface area contributed by atoms with E-state index in [-0.39, 0.29) is 0 Å². The monoisotopic (exact) mass is 661 g/mol. The molecule has 47 heavy (non-hydrogen) atoms. The van der Waals surface area contributed by atoms with Crippen LogP contribution in [0.3, 0.4) is 0 Å². The molecule has 0 amide bonds. The Balaban J connectivity index is 1.45. The van der Waals surface area contributed by atoms with E-state index in [1.54, 1.807) is 0 Å². The van der Waals surface area contributed by atoms with Gasteiger partial charge in [0.15, 0.2) is 0 Å². The van der Waals surface area contributed by atoms with Gasteiger partial charge < -0.3 is 5.32 Å². The summed E-state index contributed by atoms with van der Waals surface area (Å²) < 4.78 is 1.08. The largest absolute Gasteiger partial charge is 0.354 e. The van der Waals surface area contributed by atoms with Crippen LogP contribution in [0.15, 0.2) is 168 Å². The fourth-order valence-electron chi connectivity index (χ4n) is 8.43. The fraction of sp³-hybridized carbons (Fsp3) is 0.0222. The van der Waals surface area contributed by atoms with E-state index in [9.17, 15) is 0 Å². The minimum absolute atomic E-state index is 0.563. The third-order valence-electron chi connectivity index (χ3n) is 10.3. The molecule has 8 aromatic carbocycles. The lowest BCUT2D eigenvalue weighted by atomic mass is 9.63. The molecule has 8 aromatic rings. The summed E-state index contributed by atoms with van der Waals surface area (Å²) in [6, 6.07) is 60.3. The Hall–Kier alpha value is -5.44. The summed E-state index contributed by atoms with van der Waals surface area (Å²) in [5.41, 5.74) is 14.5. The number of benzene rings is 8. The first-order valence-corrected chi connectivity index (χ1v) is 16.9. The van der Waals surface area contributed by atoms with Gasteiger partial charge in [0.25, 0.3) is 0 Å². The van der Waals surface area contributed by atoms with Gasteiger partial charge in [-0.05, 0) is 90.7 Å². The highest BCUT2D eigenvalue weighted by atomic mass is 79.9. The molecule has 2 aliphatic rings. The zero-order valence-electron chi connectivity index (χ0n) is 25.5. The highest BCUT2D eigenvalue weighted by molar-refractivity contribution is 9.10. The lowest BCUT2D eigenvalue weighted by molar-refractivity contribution is 0.766. The highest BCUT2D eigenvalue weighted by Crippen LogP contribution is 2.64. The van der Waals surface area contributed by atoms with Crippen molar-refractivity contribution in [1.82, 2.24) is 0 Å². The van der Waals surface area contributed by atoms with Crippen LogP contribution in [-0.2, 0) is 5.41 Å². The van der Waals surface area contributed by atoms with E-state index in [1.165, 1.54) is 88.6 Å². The molecular formula is C45H28BrN. The maximum atomic E-state index is 4.10. The molecule has 0 saturated heterocycles. The van der Waals surface area contributed by atoms with Crippen LogP contribution in [0, 0.1) is 0 Å². The quantitative estimate of drug-likeness (QED) is 0.194. The van der Waals surface area contributed by atoms with Gasteiger partial charge in [0, 0.05) is 15.2 Å². The minimum Gasteiger partial charge on any atom is -0.354 e. The number of fused-ring (bicyclic) bond motifs is 13. The van der Waals surface area contributed by atoms with Gasteiger partial charge in [-0.3, -0.25) is 0 Å². The molecule has 0 bridgehead atoms. The number of hydrogen-bond donors (Lipinski definition) is 1. The molecule has 0 fully saturated rings. The van der Waals surface area contributed by atoms with Gasteiger partial charge in [-0.2, -0.15) is 0 Å². The third kappa shape index (κ3) is 3.65. The van der Waals surface area contributed by atoms with Crippen molar-refractivity contribution in [3.8, 4) is 33.4 Å². The van der Waals surface area contributed by atoms with Gasteiger partial charge in [0.05, 0.1) is 16.8 Å². The van der Waals surface area contributed by atoms with Crippen LogP contribution in [0.25, 0.3) is 54.9 Å². The predicted octanol–water partition coefficient (Wildman–Crippen LogP) is 12.5. The second-order valence-electron chi connectivity index (χ2n) is 12.6. The van der Waals surface area contributed by atoms with Gasteiger partial charge in [0.2, 0.25) is 0 Å². The number of hydrogen-bond acceptors (Lipinski definition) is 1. The summed E-state index contributed by atoms with van der Waals surface area (Å²) in [5.74, 6) is 0. The molecule has 0 radical (unpaired) electrons. The number of rotatable bonds is 2. The molecule has 0 saturated carbocycles. The Labute approximate surface area is 282 Å². The van der Waals surface area contributed by atoms with Crippen molar-refractivity contribution >= 4 is 48.8 Å². The van der Waals surface area contributed by atoms with Crippen molar-refractivity contribution in [3.05, 3.63) is 191 Å². The minimum atomic E-state index is -0.563. The lowest BCUT2D eigenvalue weighted by Crippen LogP contribution is -2.33. The van der Waals surface area contributed by atoms with Crippen LogP contribution in [0.4, 0.5) is 11.4 Å². The second-order valence-corrected chi connectivity index (χ2v) is 13.5. The molecule has 0 atom stereocenters. The first-order valence-electron chi connectivity index (χ1n) is 16.1. The first-order chi connectivity index (χ1) is 23.2. The molecule has 0 aromatic heterocycles. The Morgan fingerprint density at radius 2 is 0.830 bits per heavy atom. The van der Waals surface area contributed by atoms with Crippen LogP contribution >= 0.6 is 15.9 Å². The van der Waals surface area contributed by atoms with E-state index < -0.39 is 5.41 Å². The van der Waals surface area contributed by atoms with Gasteiger partial charge in [-0.1, -0.05) is 155 Å². The maximum Gasteiger partial charge on any atom is 0.0755 e. The van der Waals surface area contributed by atoms with E-state index in [4.69, 9.17) is 0 Å². The molecule has 220 valence electrons. The van der Waals surface area contributed by atoms with Crippen molar-refractivity contribution in [1.29, 1.82) is 0 Å². The van der Waals surface area contributed by atoms with Crippen molar-refractivity contribution in [3.63, 3.8) is 0 Å². The molecule has 1 heterocycles. The summed E-state index contributed by atoms with van der Waals surface area (Å²) in [7, 11) is 0. The summed E-state index contributed by atoms with van der Waals surface area (Å²) in [4.78, 5) is 0. The van der Waals surface area contributed by atoms with Crippen molar-refractivity contribution in [2.24, 2.45) is 0 Å². The van der Waals surface area contributed by atoms with Crippen molar-refractivity contribution in [2.45, 2.75) is 5.41 Å². The van der Waals surface area contributed by atoms with Crippen LogP contribution in [0.2, 0.25) is 0 Å². The SMILES string of the molecule is Brc1ccc2c(c1)C1(c3ccccc3-2)c2cc(-c3ccccc3)c3ccccc3c2Nc2c1cc(-c1ccccc1)c1ccccc21. The zero-order chi connectivity index (χ0) is 31.1. The molecule has 1 spiro atoms. The van der Waals surface area contributed by atoms with Crippen LogP contribution in [0.1, 0.15) is 22.3 Å². The predicted molar refractivity (Wildman–Crippen MR) is 201 cm³/mol. The standard InChI is InChI=1S/C45H28BrN/c46-30-23-24-34-33-19-11-12-22-39(33)45(40(34)25-30)41-26-37(28-13-3-1-4-14-28)31-17-7-9-20-35(31)43(41)47-44-36-21-10-8-18-32(36)38(27-42(44)45)29-15-5-2-6-16-29/h1-27,47H. The molecule has 10 rings (SSSR count). The number of nitrogens with one attached hydrogen (secondary N) is 1. The van der Waals surface area contributed by atoms with E-state index in [0.717, 1.165) is 4.47 Å². The van der Waals surface area contributed by atoms with Crippen LogP contribution < -0.4 is 5.32 Å². The van der Waals surface area contributed by atoms with E-state index in [2.05, 4.69) is 185 Å². The Morgan fingerprint density at radius 3 is 1.40 bits per heavy atom. The van der Waals surface area contributed by atoms with E-state index in [1.807, 2.05) is 0 Å². The normalized spacial score (nSPS) is 13.6. The molecule has 0 unspecified atom stereocenters. The van der Waals surface area contributed by atoms with Gasteiger partial charge in [-0.15, -0.1) is 0 Å². The molecule has 1 N–H and O–H groups in total. The molecular weight excluding hydrogens is 634 g/mol. The highest BCUT2D eigenvalue weighted by Gasteiger charge is 2.51. The molecule has 1 nitrogen and oxygen atoms in total. The Bertz CT molecular complexity index is 2420. The van der Waals surface area contributed by atoms with Gasteiger partial charge in [0.1, 0.15) is 0 Å². The average Bonchev–Trinajstić information content (AvgIpc) is 3.41. The first kappa shape index (κ1) is 26.7. The molecule has 1 aliphatic heterocycles. The molecule has 1 aliphatic carbocycles. The summed E-state index contributed by atoms with van der Waals surface area (Å²) >= 11 is 3.91. The maximum absolute atomic E-state index is 4.10. The lowest BCUT2D eigenvalue weighted by Gasteiger charge is -2.42. The van der Waals surface area contributed by atoms with Crippen LogP contribution in [0.5, 0.6) is 0 Å². The molecule has 2 heteroatoms.